The van der Waals surface area contributed by atoms with Gasteiger partial charge in [-0.25, -0.2) is 0 Å². The summed E-state index contributed by atoms with van der Waals surface area (Å²) >= 11 is 0. The highest BCUT2D eigenvalue weighted by Crippen LogP contribution is 2.11. The number of rotatable bonds is 5. The maximum absolute atomic E-state index is 10.7. The fourth-order valence-electron chi connectivity index (χ4n) is 0.651. The number of methoxy groups -OCH3 is 1. The Morgan fingerprint density at radius 2 is 2.23 bits per heavy atom. The molecule has 0 fully saturated rings. The smallest absolute Gasteiger partial charge is 0.265 e. The highest BCUT2D eigenvalue weighted by Gasteiger charge is 2.18. The summed E-state index contributed by atoms with van der Waals surface area (Å²) in [4.78, 5) is 0. The van der Waals surface area contributed by atoms with Crippen LogP contribution in [-0.2, 0) is 19.0 Å². The van der Waals surface area contributed by atoms with E-state index in [4.69, 9.17) is 11.2 Å². The summed E-state index contributed by atoms with van der Waals surface area (Å²) in [5.41, 5.74) is 0. The molecule has 4 nitrogen and oxygen atoms in total. The third kappa shape index (κ3) is 5.28. The molecule has 0 radical (unpaired) electrons. The van der Waals surface area contributed by atoms with Crippen LogP contribution in [0.25, 0.3) is 0 Å². The summed E-state index contributed by atoms with van der Waals surface area (Å²) in [6, 6.07) is 0. The lowest BCUT2D eigenvalue weighted by atomic mass is 10.2. The molecule has 0 saturated carbocycles. The van der Waals surface area contributed by atoms with Crippen LogP contribution in [0.2, 0.25) is 0 Å². The lowest BCUT2D eigenvalue weighted by Gasteiger charge is -2.14. The number of hydrogen-bond donors (Lipinski definition) is 0. The van der Waals surface area contributed by atoms with Crippen LogP contribution >= 0.6 is 0 Å². The Morgan fingerprint density at radius 3 is 2.54 bits per heavy atom. The van der Waals surface area contributed by atoms with E-state index in [1.807, 2.05) is 0 Å². The molecule has 0 amide bonds. The Labute approximate surface area is 78.7 Å². The normalized spacial score (nSPS) is 13.0. The fourth-order valence-corrected chi connectivity index (χ4v) is 1.25. The Bertz CT molecular complexity index is 310. The predicted octanol–water partition coefficient (Wildman–Crippen LogP) is 0.515. The van der Waals surface area contributed by atoms with Gasteiger partial charge >= 0.3 is 0 Å². The van der Waals surface area contributed by atoms with E-state index < -0.39 is 16.2 Å². The summed E-state index contributed by atoms with van der Waals surface area (Å²) in [6.45, 7) is 3.47. The molecule has 0 N–H and O–H groups in total. The van der Waals surface area contributed by atoms with E-state index in [2.05, 4.69) is 16.7 Å². The summed E-state index contributed by atoms with van der Waals surface area (Å²) < 4.78 is 30.9. The third-order valence-electron chi connectivity index (χ3n) is 1.22. The van der Waals surface area contributed by atoms with Crippen LogP contribution in [0.1, 0.15) is 6.42 Å². The largest absolute Gasteiger partial charge is 0.499 e. The molecule has 0 aromatic carbocycles. The highest BCUT2D eigenvalue weighted by molar-refractivity contribution is 7.86. The van der Waals surface area contributed by atoms with Crippen LogP contribution in [0.15, 0.2) is 12.3 Å². The van der Waals surface area contributed by atoms with Crippen molar-refractivity contribution >= 4 is 10.1 Å². The summed E-state index contributed by atoms with van der Waals surface area (Å²) in [5.74, 6) is 2.47. The van der Waals surface area contributed by atoms with Gasteiger partial charge in [-0.1, -0.05) is 6.58 Å². The second-order valence-electron chi connectivity index (χ2n) is 2.37. The lowest BCUT2D eigenvalue weighted by molar-refractivity contribution is 0.158. The summed E-state index contributed by atoms with van der Waals surface area (Å²) in [5, 5.41) is 0. The van der Waals surface area contributed by atoms with Crippen molar-refractivity contribution in [3.63, 3.8) is 0 Å². The SMILES string of the molecule is C#CCC(OS(C)(=O)=O)C(=C)OC. The Morgan fingerprint density at radius 1 is 1.69 bits per heavy atom. The van der Waals surface area contributed by atoms with E-state index in [0.29, 0.717) is 0 Å². The van der Waals surface area contributed by atoms with E-state index in [0.717, 1.165) is 6.26 Å². The minimum Gasteiger partial charge on any atom is -0.499 e. The second kappa shape index (κ2) is 4.90. The van der Waals surface area contributed by atoms with E-state index in [9.17, 15) is 8.42 Å². The number of terminal acetylenes is 1. The maximum atomic E-state index is 10.7. The third-order valence-corrected chi connectivity index (χ3v) is 1.80. The van der Waals surface area contributed by atoms with Gasteiger partial charge in [0.1, 0.15) is 11.9 Å². The number of hydrogen-bond acceptors (Lipinski definition) is 4. The minimum absolute atomic E-state index is 0.111. The molecule has 13 heavy (non-hydrogen) atoms. The van der Waals surface area contributed by atoms with Crippen LogP contribution in [-0.4, -0.2) is 27.9 Å². The van der Waals surface area contributed by atoms with Crippen LogP contribution in [0.5, 0.6) is 0 Å². The molecule has 5 heteroatoms. The first-order valence-corrected chi connectivity index (χ1v) is 5.27. The molecule has 0 aliphatic heterocycles. The minimum atomic E-state index is -3.54. The summed E-state index contributed by atoms with van der Waals surface area (Å²) in [6.07, 6.45) is 5.27. The van der Waals surface area contributed by atoms with Gasteiger partial charge in [-0.15, -0.1) is 12.3 Å². The fraction of sp³-hybridized carbons (Fsp3) is 0.500. The molecular weight excluding hydrogens is 192 g/mol. The van der Waals surface area contributed by atoms with Gasteiger partial charge in [0.05, 0.1) is 13.4 Å². The van der Waals surface area contributed by atoms with Gasteiger partial charge in [0.25, 0.3) is 10.1 Å². The van der Waals surface area contributed by atoms with E-state index >= 15 is 0 Å². The first-order valence-electron chi connectivity index (χ1n) is 3.45. The predicted molar refractivity (Wildman–Crippen MR) is 49.3 cm³/mol. The molecule has 0 aromatic heterocycles. The van der Waals surface area contributed by atoms with Gasteiger partial charge in [-0.3, -0.25) is 4.18 Å². The molecule has 0 saturated heterocycles. The first-order chi connectivity index (χ1) is 5.90. The Balaban J connectivity index is 4.46. The van der Waals surface area contributed by atoms with Crippen molar-refractivity contribution in [2.45, 2.75) is 12.5 Å². The van der Waals surface area contributed by atoms with Crippen molar-refractivity contribution < 1.29 is 17.3 Å². The van der Waals surface area contributed by atoms with Gasteiger partial charge in [-0.05, 0) is 0 Å². The lowest BCUT2D eigenvalue weighted by Crippen LogP contribution is -2.19. The van der Waals surface area contributed by atoms with Gasteiger partial charge < -0.3 is 4.74 Å². The van der Waals surface area contributed by atoms with Gasteiger partial charge in [0.15, 0.2) is 0 Å². The Hall–Kier alpha value is -0.990. The van der Waals surface area contributed by atoms with E-state index in [-0.39, 0.29) is 12.2 Å². The molecule has 0 aliphatic rings. The van der Waals surface area contributed by atoms with Gasteiger partial charge in [0, 0.05) is 6.42 Å². The van der Waals surface area contributed by atoms with E-state index in [1.165, 1.54) is 7.11 Å². The number of ether oxygens (including phenoxy) is 1. The average Bonchev–Trinajstić information content (AvgIpc) is 2.00. The zero-order valence-electron chi connectivity index (χ0n) is 7.61. The molecular formula is C8H12O4S. The quantitative estimate of drug-likeness (QED) is 0.372. The van der Waals surface area contributed by atoms with Crippen LogP contribution < -0.4 is 0 Å². The summed E-state index contributed by atoms with van der Waals surface area (Å²) in [7, 11) is -2.16. The van der Waals surface area contributed by atoms with Crippen molar-refractivity contribution in [2.24, 2.45) is 0 Å². The second-order valence-corrected chi connectivity index (χ2v) is 3.97. The van der Waals surface area contributed by atoms with Crippen molar-refractivity contribution in [1.29, 1.82) is 0 Å². The van der Waals surface area contributed by atoms with Crippen molar-refractivity contribution in [1.82, 2.24) is 0 Å². The molecule has 0 aromatic rings. The molecule has 0 spiro atoms. The zero-order valence-corrected chi connectivity index (χ0v) is 8.43. The topological polar surface area (TPSA) is 52.6 Å². The maximum Gasteiger partial charge on any atom is 0.265 e. The molecule has 1 unspecified atom stereocenters. The average molecular weight is 204 g/mol. The first kappa shape index (κ1) is 12.0. The van der Waals surface area contributed by atoms with E-state index in [1.54, 1.807) is 0 Å². The van der Waals surface area contributed by atoms with Crippen molar-refractivity contribution in [3.05, 3.63) is 12.3 Å². The highest BCUT2D eigenvalue weighted by atomic mass is 32.2. The van der Waals surface area contributed by atoms with Crippen LogP contribution in [0.4, 0.5) is 0 Å². The zero-order chi connectivity index (χ0) is 10.5. The standard InChI is InChI=1S/C8H12O4S/c1-5-6-8(7(2)11-3)12-13(4,9)10/h1,8H,2,6H2,3-4H3. The Kier molecular flexibility index (Phi) is 4.52. The molecule has 74 valence electrons. The molecule has 0 aliphatic carbocycles. The van der Waals surface area contributed by atoms with Crippen molar-refractivity contribution in [2.75, 3.05) is 13.4 Å². The van der Waals surface area contributed by atoms with Gasteiger partial charge in [-0.2, -0.15) is 8.42 Å². The monoisotopic (exact) mass is 204 g/mol. The molecule has 0 rings (SSSR count). The van der Waals surface area contributed by atoms with Crippen LogP contribution in [0, 0.1) is 12.3 Å². The molecule has 1 atom stereocenters. The molecule has 0 bridgehead atoms. The van der Waals surface area contributed by atoms with Crippen molar-refractivity contribution in [3.8, 4) is 12.3 Å². The van der Waals surface area contributed by atoms with Crippen LogP contribution in [0.3, 0.4) is 0 Å². The van der Waals surface area contributed by atoms with Gasteiger partial charge in [0.2, 0.25) is 0 Å². The molecule has 0 heterocycles.